The van der Waals surface area contributed by atoms with Crippen LogP contribution in [0.2, 0.25) is 0 Å². The first-order valence-electron chi connectivity index (χ1n) is 10.3. The van der Waals surface area contributed by atoms with Crippen LogP contribution in [0.5, 0.6) is 0 Å². The van der Waals surface area contributed by atoms with Crippen molar-refractivity contribution in [3.63, 3.8) is 0 Å². The lowest BCUT2D eigenvalue weighted by Crippen LogP contribution is -2.58. The highest BCUT2D eigenvalue weighted by molar-refractivity contribution is 5.86. The number of amides is 1. The van der Waals surface area contributed by atoms with E-state index in [4.69, 9.17) is 0 Å². The highest BCUT2D eigenvalue weighted by Crippen LogP contribution is 2.23. The summed E-state index contributed by atoms with van der Waals surface area (Å²) in [5, 5.41) is 18.6. The van der Waals surface area contributed by atoms with Gasteiger partial charge in [-0.1, -0.05) is 36.4 Å². The van der Waals surface area contributed by atoms with Gasteiger partial charge >= 0.3 is 0 Å². The monoisotopic (exact) mass is 392 g/mol. The summed E-state index contributed by atoms with van der Waals surface area (Å²) in [6, 6.07) is 16.2. The van der Waals surface area contributed by atoms with Crippen LogP contribution in [0.15, 0.2) is 60.9 Å². The molecule has 29 heavy (non-hydrogen) atoms. The summed E-state index contributed by atoms with van der Waals surface area (Å²) in [6.07, 6.45) is 6.90. The van der Waals surface area contributed by atoms with E-state index in [1.165, 1.54) is 5.56 Å². The van der Waals surface area contributed by atoms with Crippen molar-refractivity contribution in [3.05, 3.63) is 72.1 Å². The molecule has 0 unspecified atom stereocenters. The quantitative estimate of drug-likeness (QED) is 0.618. The Morgan fingerprint density at radius 2 is 1.97 bits per heavy atom. The van der Waals surface area contributed by atoms with E-state index in [2.05, 4.69) is 22.5 Å². The highest BCUT2D eigenvalue weighted by Gasteiger charge is 2.41. The Morgan fingerprint density at radius 3 is 2.83 bits per heavy atom. The summed E-state index contributed by atoms with van der Waals surface area (Å²) in [7, 11) is 0. The molecule has 1 aliphatic rings. The number of fused-ring (bicyclic) bond motifs is 1. The molecule has 6 nitrogen and oxygen atoms in total. The molecule has 2 aromatic heterocycles. The number of pyridine rings is 1. The van der Waals surface area contributed by atoms with Gasteiger partial charge in [0.1, 0.15) is 0 Å². The lowest BCUT2D eigenvalue weighted by molar-refractivity contribution is -0.156. The van der Waals surface area contributed by atoms with Crippen molar-refractivity contribution in [2.45, 2.75) is 37.8 Å². The predicted molar refractivity (Wildman–Crippen MR) is 112 cm³/mol. The number of piperidine rings is 1. The molecular weight excluding hydrogens is 364 g/mol. The average Bonchev–Trinajstić information content (AvgIpc) is 3.15. The molecule has 1 fully saturated rings. The van der Waals surface area contributed by atoms with E-state index in [0.29, 0.717) is 19.5 Å². The molecule has 3 aromatic rings. The molecule has 0 radical (unpaired) electrons. The van der Waals surface area contributed by atoms with Gasteiger partial charge < -0.3 is 15.3 Å². The molecule has 1 aromatic carbocycles. The highest BCUT2D eigenvalue weighted by atomic mass is 16.3. The number of hydrogen-bond acceptors (Lipinski definition) is 4. The number of nitrogens with zero attached hydrogens (tertiary/aromatic N) is 3. The Hall–Kier alpha value is -2.70. The summed E-state index contributed by atoms with van der Waals surface area (Å²) in [5.41, 5.74) is 2.04. The molecule has 4 rings (SSSR count). The van der Waals surface area contributed by atoms with E-state index in [1.54, 1.807) is 0 Å². The Balaban J connectivity index is 1.30. The fraction of sp³-hybridized carbons (Fsp3) is 0.391. The summed E-state index contributed by atoms with van der Waals surface area (Å²) in [6.45, 7) is 2.23. The van der Waals surface area contributed by atoms with Crippen molar-refractivity contribution >= 4 is 11.4 Å². The SMILES string of the molecule is O=C1N(CCCc2ccccc2)CCC[C@]1(O)CNCc1cnn2ccccc12. The van der Waals surface area contributed by atoms with E-state index < -0.39 is 5.60 Å². The lowest BCUT2D eigenvalue weighted by atomic mass is 9.91. The molecule has 152 valence electrons. The fourth-order valence-corrected chi connectivity index (χ4v) is 4.09. The van der Waals surface area contributed by atoms with Crippen molar-refractivity contribution in [2.24, 2.45) is 0 Å². The summed E-state index contributed by atoms with van der Waals surface area (Å²) in [4.78, 5) is 14.7. The maximum atomic E-state index is 12.9. The Kier molecular flexibility index (Phi) is 5.92. The molecule has 3 heterocycles. The molecule has 1 saturated heterocycles. The first-order valence-corrected chi connectivity index (χ1v) is 10.3. The molecule has 2 N–H and O–H groups in total. The molecule has 6 heteroatoms. The van der Waals surface area contributed by atoms with Crippen LogP contribution in [0, 0.1) is 0 Å². The average molecular weight is 393 g/mol. The van der Waals surface area contributed by atoms with Gasteiger partial charge in [-0.25, -0.2) is 4.52 Å². The van der Waals surface area contributed by atoms with Gasteiger partial charge in [-0.15, -0.1) is 0 Å². The molecule has 1 atom stereocenters. The molecule has 1 amide bonds. The van der Waals surface area contributed by atoms with E-state index >= 15 is 0 Å². The number of carbonyl (C=O) groups is 1. The van der Waals surface area contributed by atoms with E-state index in [1.807, 2.05) is 58.2 Å². The second-order valence-electron chi connectivity index (χ2n) is 7.82. The normalized spacial score (nSPS) is 19.8. The number of nitrogens with one attached hydrogen (secondary N) is 1. The van der Waals surface area contributed by atoms with Crippen LogP contribution in [-0.4, -0.2) is 50.8 Å². The van der Waals surface area contributed by atoms with E-state index in [0.717, 1.165) is 36.9 Å². The van der Waals surface area contributed by atoms with Crippen molar-refractivity contribution in [1.82, 2.24) is 19.8 Å². The predicted octanol–water partition coefficient (Wildman–Crippen LogP) is 2.41. The number of rotatable bonds is 8. The van der Waals surface area contributed by atoms with Gasteiger partial charge in [0.15, 0.2) is 5.60 Å². The molecule has 1 aliphatic heterocycles. The molecule has 0 spiro atoms. The van der Waals surface area contributed by atoms with E-state index in [-0.39, 0.29) is 12.5 Å². The van der Waals surface area contributed by atoms with Gasteiger partial charge in [-0.3, -0.25) is 4.79 Å². The first kappa shape index (κ1) is 19.6. The van der Waals surface area contributed by atoms with Crippen LogP contribution in [0.25, 0.3) is 5.52 Å². The summed E-state index contributed by atoms with van der Waals surface area (Å²) in [5.74, 6) is -0.149. The number of aryl methyl sites for hydroxylation is 1. The molecule has 0 bridgehead atoms. The Labute approximate surface area is 171 Å². The third kappa shape index (κ3) is 4.49. The van der Waals surface area contributed by atoms with Crippen LogP contribution < -0.4 is 5.32 Å². The lowest BCUT2D eigenvalue weighted by Gasteiger charge is -2.38. The second-order valence-corrected chi connectivity index (χ2v) is 7.82. The zero-order valence-electron chi connectivity index (χ0n) is 16.6. The zero-order chi connectivity index (χ0) is 20.1. The number of likely N-dealkylation sites (tertiary alicyclic amines) is 1. The second kappa shape index (κ2) is 8.76. The minimum atomic E-state index is -1.33. The summed E-state index contributed by atoms with van der Waals surface area (Å²) < 4.78 is 1.83. The Bertz CT molecular complexity index is 956. The largest absolute Gasteiger partial charge is 0.379 e. The van der Waals surface area contributed by atoms with Gasteiger partial charge in [0.2, 0.25) is 0 Å². The number of benzene rings is 1. The molecule has 0 saturated carbocycles. The van der Waals surface area contributed by atoms with Crippen LogP contribution >= 0.6 is 0 Å². The maximum Gasteiger partial charge on any atom is 0.255 e. The van der Waals surface area contributed by atoms with Gasteiger partial charge in [0.25, 0.3) is 5.91 Å². The number of hydrogen-bond donors (Lipinski definition) is 2. The maximum absolute atomic E-state index is 12.9. The summed E-state index contributed by atoms with van der Waals surface area (Å²) >= 11 is 0. The van der Waals surface area contributed by atoms with Crippen molar-refractivity contribution in [1.29, 1.82) is 0 Å². The fourth-order valence-electron chi connectivity index (χ4n) is 4.09. The van der Waals surface area contributed by atoms with Crippen molar-refractivity contribution in [2.75, 3.05) is 19.6 Å². The van der Waals surface area contributed by atoms with Crippen LogP contribution in [0.3, 0.4) is 0 Å². The van der Waals surface area contributed by atoms with Crippen LogP contribution in [0.4, 0.5) is 0 Å². The zero-order valence-corrected chi connectivity index (χ0v) is 16.6. The van der Waals surface area contributed by atoms with Crippen LogP contribution in [0.1, 0.15) is 30.4 Å². The molecular formula is C23H28N4O2. The van der Waals surface area contributed by atoms with Gasteiger partial charge in [-0.2, -0.15) is 5.10 Å². The minimum Gasteiger partial charge on any atom is -0.379 e. The molecule has 0 aliphatic carbocycles. The van der Waals surface area contributed by atoms with Gasteiger partial charge in [-0.05, 0) is 43.4 Å². The Morgan fingerprint density at radius 1 is 1.14 bits per heavy atom. The third-order valence-corrected chi connectivity index (χ3v) is 5.68. The standard InChI is InChI=1S/C23H28N4O2/c28-22-23(29,18-24-16-20-17-25-27-15-5-4-11-21(20)27)12-7-14-26(22)13-6-10-19-8-2-1-3-9-19/h1-5,8-9,11,15,17,24,29H,6-7,10,12-14,16,18H2/t23-/m0/s1. The topological polar surface area (TPSA) is 69.9 Å². The number of aromatic nitrogens is 2. The third-order valence-electron chi connectivity index (χ3n) is 5.68. The number of carbonyl (C=O) groups excluding carboxylic acids is 1. The van der Waals surface area contributed by atoms with E-state index in [9.17, 15) is 9.90 Å². The van der Waals surface area contributed by atoms with Crippen molar-refractivity contribution < 1.29 is 9.90 Å². The smallest absolute Gasteiger partial charge is 0.255 e. The van der Waals surface area contributed by atoms with Gasteiger partial charge in [0, 0.05) is 37.9 Å². The van der Waals surface area contributed by atoms with Crippen molar-refractivity contribution in [3.8, 4) is 0 Å². The van der Waals surface area contributed by atoms with Crippen LogP contribution in [-0.2, 0) is 17.8 Å². The van der Waals surface area contributed by atoms with Gasteiger partial charge in [0.05, 0.1) is 11.7 Å². The minimum absolute atomic E-state index is 0.149. The number of aliphatic hydroxyl groups is 1. The first-order chi connectivity index (χ1) is 14.2.